The highest BCUT2D eigenvalue weighted by Gasteiger charge is 2.16. The van der Waals surface area contributed by atoms with Gasteiger partial charge in [0.2, 0.25) is 11.9 Å². The molecule has 0 bridgehead atoms. The van der Waals surface area contributed by atoms with Crippen molar-refractivity contribution < 1.29 is 22.7 Å². The number of aromatic nitrogens is 4. The number of ether oxygens (including phenoxy) is 1. The molecule has 1 aromatic carbocycles. The Hall–Kier alpha value is -3.78. The molecule has 2 heterocycles. The molecule has 33 heavy (non-hydrogen) atoms. The van der Waals surface area contributed by atoms with Crippen molar-refractivity contribution in [3.8, 4) is 0 Å². The first kappa shape index (κ1) is 23.9. The van der Waals surface area contributed by atoms with Crippen molar-refractivity contribution in [3.63, 3.8) is 0 Å². The van der Waals surface area contributed by atoms with Crippen LogP contribution in [0.3, 0.4) is 0 Å². The molecule has 0 unspecified atom stereocenters. The Morgan fingerprint density at radius 2 is 1.82 bits per heavy atom. The number of nitrogens with two attached hydrogens (primary N) is 1. The number of nitrogens with one attached hydrogen (secondary N) is 2. The molecule has 0 aliphatic rings. The first-order chi connectivity index (χ1) is 15.8. The highest BCUT2D eigenvalue weighted by molar-refractivity contribution is 7.99. The Bertz CT molecular complexity index is 1240. The van der Waals surface area contributed by atoms with Crippen LogP contribution in [0.5, 0.6) is 0 Å². The summed E-state index contributed by atoms with van der Waals surface area (Å²) >= 11 is 1.02. The molecule has 3 rings (SSSR count). The highest BCUT2D eigenvalue weighted by Crippen LogP contribution is 2.19. The predicted molar refractivity (Wildman–Crippen MR) is 121 cm³/mol. The Morgan fingerprint density at radius 3 is 2.45 bits per heavy atom. The number of hydrogen-bond acceptors (Lipinski definition) is 11. The predicted octanol–water partition coefficient (Wildman–Crippen LogP) is 1.56. The van der Waals surface area contributed by atoms with Crippen LogP contribution < -0.4 is 15.8 Å². The van der Waals surface area contributed by atoms with Crippen LogP contribution in [0.1, 0.15) is 17.3 Å². The maximum Gasteiger partial charge on any atom is 0.343 e. The van der Waals surface area contributed by atoms with Gasteiger partial charge in [0.15, 0.2) is 5.16 Å². The van der Waals surface area contributed by atoms with Crippen molar-refractivity contribution in [2.45, 2.75) is 17.0 Å². The fourth-order valence-electron chi connectivity index (χ4n) is 2.39. The topological polar surface area (TPSA) is 179 Å². The van der Waals surface area contributed by atoms with Crippen LogP contribution in [0.4, 0.5) is 17.5 Å². The molecule has 0 spiro atoms. The number of carbonyl (C=O) groups excluding carboxylic acids is 2. The summed E-state index contributed by atoms with van der Waals surface area (Å²) in [4.78, 5) is 39.5. The SMILES string of the molecule is CCOC(=O)c1cnc(SCC(=O)Nc2ccc(S(=O)(=O)Nc3ncccn3)cc2)nc1N. The molecule has 12 nitrogen and oxygen atoms in total. The van der Waals surface area contributed by atoms with Crippen LogP contribution in [0.2, 0.25) is 0 Å². The lowest BCUT2D eigenvalue weighted by atomic mass is 10.3. The molecule has 172 valence electrons. The number of amides is 1. The van der Waals surface area contributed by atoms with Gasteiger partial charge >= 0.3 is 5.97 Å². The summed E-state index contributed by atoms with van der Waals surface area (Å²) in [5, 5.41) is 2.86. The number of benzene rings is 1. The van der Waals surface area contributed by atoms with Gasteiger partial charge in [0.1, 0.15) is 11.4 Å². The maximum absolute atomic E-state index is 12.4. The lowest BCUT2D eigenvalue weighted by molar-refractivity contribution is -0.113. The number of nitrogens with zero attached hydrogens (tertiary/aromatic N) is 4. The number of thioether (sulfide) groups is 1. The van der Waals surface area contributed by atoms with Crippen molar-refractivity contribution >= 4 is 51.1 Å². The average molecular weight is 490 g/mol. The number of rotatable bonds is 9. The third-order valence-electron chi connectivity index (χ3n) is 3.86. The van der Waals surface area contributed by atoms with E-state index in [1.807, 2.05) is 0 Å². The zero-order valence-electron chi connectivity index (χ0n) is 17.3. The summed E-state index contributed by atoms with van der Waals surface area (Å²) in [5.41, 5.74) is 6.20. The van der Waals surface area contributed by atoms with E-state index >= 15 is 0 Å². The lowest BCUT2D eigenvalue weighted by Crippen LogP contribution is -2.16. The highest BCUT2D eigenvalue weighted by atomic mass is 32.2. The third kappa shape index (κ3) is 6.60. The van der Waals surface area contributed by atoms with Gasteiger partial charge in [-0.15, -0.1) is 0 Å². The second-order valence-corrected chi connectivity index (χ2v) is 8.84. The molecule has 2 aromatic heterocycles. The van der Waals surface area contributed by atoms with Crippen LogP contribution in [0.25, 0.3) is 0 Å². The van der Waals surface area contributed by atoms with Crippen LogP contribution in [-0.4, -0.2) is 52.6 Å². The monoisotopic (exact) mass is 489 g/mol. The van der Waals surface area contributed by atoms with Gasteiger partial charge in [0, 0.05) is 24.3 Å². The van der Waals surface area contributed by atoms with E-state index in [-0.39, 0.29) is 45.6 Å². The van der Waals surface area contributed by atoms with Gasteiger partial charge in [0.05, 0.1) is 17.3 Å². The molecule has 0 radical (unpaired) electrons. The van der Waals surface area contributed by atoms with Crippen molar-refractivity contribution in [3.05, 3.63) is 54.5 Å². The van der Waals surface area contributed by atoms with Gasteiger partial charge < -0.3 is 15.8 Å². The summed E-state index contributed by atoms with van der Waals surface area (Å²) in [6.07, 6.45) is 4.07. The van der Waals surface area contributed by atoms with Crippen molar-refractivity contribution in [2.75, 3.05) is 28.1 Å². The molecule has 0 aliphatic carbocycles. The number of nitrogen functional groups attached to an aromatic ring is 1. The number of esters is 1. The molecular weight excluding hydrogens is 470 g/mol. The van der Waals surface area contributed by atoms with Crippen LogP contribution >= 0.6 is 11.8 Å². The Morgan fingerprint density at radius 1 is 1.12 bits per heavy atom. The number of anilines is 3. The van der Waals surface area contributed by atoms with Gasteiger partial charge in [-0.3, -0.25) is 4.79 Å². The fourth-order valence-corrected chi connectivity index (χ4v) is 3.97. The van der Waals surface area contributed by atoms with Crippen molar-refractivity contribution in [2.24, 2.45) is 0 Å². The van der Waals surface area contributed by atoms with E-state index in [1.165, 1.54) is 42.9 Å². The van der Waals surface area contributed by atoms with Gasteiger partial charge in [-0.05, 0) is 37.3 Å². The molecule has 14 heteroatoms. The third-order valence-corrected chi connectivity index (χ3v) is 6.07. The molecule has 0 saturated carbocycles. The van der Waals surface area contributed by atoms with E-state index in [4.69, 9.17) is 10.5 Å². The van der Waals surface area contributed by atoms with E-state index in [0.717, 1.165) is 11.8 Å². The smallest absolute Gasteiger partial charge is 0.343 e. The average Bonchev–Trinajstić information content (AvgIpc) is 2.78. The summed E-state index contributed by atoms with van der Waals surface area (Å²) in [6, 6.07) is 7.14. The molecule has 3 aromatic rings. The van der Waals surface area contributed by atoms with Gasteiger partial charge in [0.25, 0.3) is 10.0 Å². The first-order valence-electron chi connectivity index (χ1n) is 9.40. The molecule has 0 aliphatic heterocycles. The van der Waals surface area contributed by atoms with Gasteiger partial charge in [-0.2, -0.15) is 0 Å². The standard InChI is InChI=1S/C19H19N7O5S2/c1-2-31-17(28)14-10-23-19(25-16(14)20)32-11-15(27)24-12-4-6-13(7-5-12)33(29,30)26-18-21-8-3-9-22-18/h3-10H,2,11H2,1H3,(H,24,27)(H2,20,23,25)(H,21,22,26). The van der Waals surface area contributed by atoms with Crippen molar-refractivity contribution in [1.29, 1.82) is 0 Å². The fraction of sp³-hybridized carbons (Fsp3) is 0.158. The number of carbonyl (C=O) groups is 2. The molecule has 0 saturated heterocycles. The van der Waals surface area contributed by atoms with E-state index in [2.05, 4.69) is 30.0 Å². The van der Waals surface area contributed by atoms with Crippen LogP contribution in [0.15, 0.2) is 59.0 Å². The van der Waals surface area contributed by atoms with E-state index in [9.17, 15) is 18.0 Å². The lowest BCUT2D eigenvalue weighted by Gasteiger charge is -2.08. The van der Waals surface area contributed by atoms with Crippen LogP contribution in [0, 0.1) is 0 Å². The van der Waals surface area contributed by atoms with Crippen molar-refractivity contribution in [1.82, 2.24) is 19.9 Å². The number of sulfonamides is 1. The summed E-state index contributed by atoms with van der Waals surface area (Å²) < 4.78 is 31.9. The van der Waals surface area contributed by atoms with E-state index < -0.39 is 16.0 Å². The quantitative estimate of drug-likeness (QED) is 0.225. The minimum Gasteiger partial charge on any atom is -0.462 e. The molecule has 0 atom stereocenters. The second-order valence-electron chi connectivity index (χ2n) is 6.21. The Kier molecular flexibility index (Phi) is 7.74. The minimum absolute atomic E-state index is 0.0205. The minimum atomic E-state index is -3.88. The second kappa shape index (κ2) is 10.7. The van der Waals surface area contributed by atoms with E-state index in [1.54, 1.807) is 13.0 Å². The zero-order valence-corrected chi connectivity index (χ0v) is 18.9. The van der Waals surface area contributed by atoms with Gasteiger partial charge in [-0.25, -0.2) is 37.9 Å². The van der Waals surface area contributed by atoms with Gasteiger partial charge in [-0.1, -0.05) is 11.8 Å². The molecule has 4 N–H and O–H groups in total. The normalized spacial score (nSPS) is 10.9. The van der Waals surface area contributed by atoms with E-state index in [0.29, 0.717) is 5.69 Å². The molecular formula is C19H19N7O5S2. The van der Waals surface area contributed by atoms with Crippen LogP contribution in [-0.2, 0) is 19.6 Å². The first-order valence-corrected chi connectivity index (χ1v) is 11.9. The summed E-state index contributed by atoms with van der Waals surface area (Å²) in [7, 11) is -3.88. The summed E-state index contributed by atoms with van der Waals surface area (Å²) in [6.45, 7) is 1.86. The molecule has 0 fully saturated rings. The Balaban J connectivity index is 1.55. The maximum atomic E-state index is 12.4. The Labute approximate surface area is 193 Å². The number of hydrogen-bond donors (Lipinski definition) is 3. The summed E-state index contributed by atoms with van der Waals surface area (Å²) in [5.74, 6) is -1.13. The zero-order chi connectivity index (χ0) is 23.8. The molecule has 1 amide bonds. The largest absolute Gasteiger partial charge is 0.462 e.